The lowest BCUT2D eigenvalue weighted by atomic mass is 10.1. The normalized spacial score (nSPS) is 10.5. The minimum atomic E-state index is -0.470. The fourth-order valence-electron chi connectivity index (χ4n) is 1.47. The highest BCUT2D eigenvalue weighted by molar-refractivity contribution is 5.96. The van der Waals surface area contributed by atoms with Crippen LogP contribution in [-0.4, -0.2) is 22.9 Å². The summed E-state index contributed by atoms with van der Waals surface area (Å²) in [7, 11) is 0. The Morgan fingerprint density at radius 2 is 2.12 bits per heavy atom. The summed E-state index contributed by atoms with van der Waals surface area (Å²) in [5, 5.41) is 7.60. The van der Waals surface area contributed by atoms with Crippen LogP contribution in [0.15, 0.2) is 15.1 Å². The van der Waals surface area contributed by atoms with Gasteiger partial charge < -0.3 is 13.8 Å². The summed E-state index contributed by atoms with van der Waals surface area (Å²) in [6, 6.07) is 1.68. The van der Waals surface area contributed by atoms with Gasteiger partial charge in [-0.2, -0.15) is 0 Å². The van der Waals surface area contributed by atoms with Gasteiger partial charge in [-0.1, -0.05) is 10.3 Å². The second kappa shape index (κ2) is 4.40. The summed E-state index contributed by atoms with van der Waals surface area (Å²) in [5.41, 5.74) is 1.10. The largest absolute Gasteiger partial charge is 0.462 e. The minimum absolute atomic E-state index is 0.292. The maximum atomic E-state index is 11.7. The molecule has 0 saturated carbocycles. The van der Waals surface area contributed by atoms with Gasteiger partial charge in [-0.05, 0) is 20.8 Å². The van der Waals surface area contributed by atoms with E-state index in [1.54, 1.807) is 26.8 Å². The zero-order chi connectivity index (χ0) is 12.4. The lowest BCUT2D eigenvalue weighted by Crippen LogP contribution is -2.06. The van der Waals surface area contributed by atoms with Crippen molar-refractivity contribution >= 4 is 5.97 Å². The Kier molecular flexibility index (Phi) is 2.95. The summed E-state index contributed by atoms with van der Waals surface area (Å²) in [6.07, 6.45) is 0. The number of esters is 1. The molecule has 0 atom stereocenters. The standard InChI is InChI=1S/C11H12N2O4/c1-4-15-11(14)9-7(3)17-13-10(9)8-5-6(2)16-12-8/h5H,4H2,1-3H3. The molecule has 0 spiro atoms. The first-order chi connectivity index (χ1) is 8.13. The van der Waals surface area contributed by atoms with Crippen LogP contribution in [0.4, 0.5) is 0 Å². The molecule has 0 aliphatic rings. The molecule has 90 valence electrons. The number of aromatic nitrogens is 2. The van der Waals surface area contributed by atoms with Crippen LogP contribution in [0.5, 0.6) is 0 Å². The molecule has 6 heteroatoms. The molecule has 6 nitrogen and oxygen atoms in total. The monoisotopic (exact) mass is 236 g/mol. The molecule has 0 saturated heterocycles. The van der Waals surface area contributed by atoms with Gasteiger partial charge in [0.1, 0.15) is 22.8 Å². The van der Waals surface area contributed by atoms with Gasteiger partial charge in [-0.15, -0.1) is 0 Å². The number of rotatable bonds is 3. The van der Waals surface area contributed by atoms with E-state index in [4.69, 9.17) is 13.8 Å². The van der Waals surface area contributed by atoms with Gasteiger partial charge >= 0.3 is 5.97 Å². The molecule has 17 heavy (non-hydrogen) atoms. The molecule has 0 bridgehead atoms. The maximum absolute atomic E-state index is 11.7. The number of carbonyl (C=O) groups excluding carboxylic acids is 1. The summed E-state index contributed by atoms with van der Waals surface area (Å²) < 4.78 is 14.9. The highest BCUT2D eigenvalue weighted by Gasteiger charge is 2.24. The Hall–Kier alpha value is -2.11. The van der Waals surface area contributed by atoms with E-state index in [1.165, 1.54) is 0 Å². The van der Waals surface area contributed by atoms with Crippen LogP contribution in [0.3, 0.4) is 0 Å². The van der Waals surface area contributed by atoms with Gasteiger partial charge in [0, 0.05) is 6.07 Å². The van der Waals surface area contributed by atoms with Crippen LogP contribution < -0.4 is 0 Å². The molecule has 0 aromatic carbocycles. The second-order valence-corrected chi connectivity index (χ2v) is 3.51. The van der Waals surface area contributed by atoms with Crippen molar-refractivity contribution in [3.8, 4) is 11.4 Å². The summed E-state index contributed by atoms with van der Waals surface area (Å²) in [6.45, 7) is 5.44. The molecule has 0 unspecified atom stereocenters. The van der Waals surface area contributed by atoms with Crippen molar-refractivity contribution in [1.29, 1.82) is 0 Å². The lowest BCUT2D eigenvalue weighted by molar-refractivity contribution is 0.0525. The zero-order valence-corrected chi connectivity index (χ0v) is 9.81. The predicted octanol–water partition coefficient (Wildman–Crippen LogP) is 2.12. The summed E-state index contributed by atoms with van der Waals surface area (Å²) in [4.78, 5) is 11.7. The molecule has 2 aromatic heterocycles. The molecular weight excluding hydrogens is 224 g/mol. The molecule has 0 fully saturated rings. The number of carbonyl (C=O) groups is 1. The van der Waals surface area contributed by atoms with Crippen molar-refractivity contribution in [3.63, 3.8) is 0 Å². The topological polar surface area (TPSA) is 78.4 Å². The van der Waals surface area contributed by atoms with Crippen molar-refractivity contribution in [2.75, 3.05) is 6.61 Å². The number of hydrogen-bond acceptors (Lipinski definition) is 6. The average Bonchev–Trinajstić information content (AvgIpc) is 2.85. The molecular formula is C11H12N2O4. The number of ether oxygens (including phenoxy) is 1. The highest BCUT2D eigenvalue weighted by Crippen LogP contribution is 2.25. The van der Waals surface area contributed by atoms with E-state index in [1.807, 2.05) is 0 Å². The van der Waals surface area contributed by atoms with E-state index in [0.29, 0.717) is 35.1 Å². The number of nitrogens with zero attached hydrogens (tertiary/aromatic N) is 2. The van der Waals surface area contributed by atoms with E-state index >= 15 is 0 Å². The van der Waals surface area contributed by atoms with Crippen molar-refractivity contribution in [2.45, 2.75) is 20.8 Å². The molecule has 0 N–H and O–H groups in total. The van der Waals surface area contributed by atoms with Crippen LogP contribution in [0, 0.1) is 13.8 Å². The van der Waals surface area contributed by atoms with Crippen LogP contribution in [0.2, 0.25) is 0 Å². The van der Waals surface area contributed by atoms with Gasteiger partial charge in [0.25, 0.3) is 0 Å². The van der Waals surface area contributed by atoms with Crippen molar-refractivity contribution in [1.82, 2.24) is 10.3 Å². The molecule has 2 aromatic rings. The first-order valence-electron chi connectivity index (χ1n) is 5.20. The molecule has 2 rings (SSSR count). The van der Waals surface area contributed by atoms with Gasteiger partial charge in [0.15, 0.2) is 5.69 Å². The third-order valence-corrected chi connectivity index (χ3v) is 2.21. The van der Waals surface area contributed by atoms with Crippen molar-refractivity contribution in [2.24, 2.45) is 0 Å². The van der Waals surface area contributed by atoms with E-state index in [2.05, 4.69) is 10.3 Å². The Morgan fingerprint density at radius 1 is 1.35 bits per heavy atom. The van der Waals surface area contributed by atoms with E-state index in [0.717, 1.165) is 0 Å². The fraction of sp³-hybridized carbons (Fsp3) is 0.364. The average molecular weight is 236 g/mol. The minimum Gasteiger partial charge on any atom is -0.462 e. The van der Waals surface area contributed by atoms with Crippen LogP contribution in [-0.2, 0) is 4.74 Å². The van der Waals surface area contributed by atoms with Gasteiger partial charge in [-0.3, -0.25) is 0 Å². The van der Waals surface area contributed by atoms with Gasteiger partial charge in [-0.25, -0.2) is 4.79 Å². The SMILES string of the molecule is CCOC(=O)c1c(-c2cc(C)on2)noc1C. The van der Waals surface area contributed by atoms with E-state index in [-0.39, 0.29) is 0 Å². The number of hydrogen-bond donors (Lipinski definition) is 0. The second-order valence-electron chi connectivity index (χ2n) is 3.51. The number of aryl methyl sites for hydroxylation is 2. The quantitative estimate of drug-likeness (QED) is 0.759. The molecule has 0 amide bonds. The zero-order valence-electron chi connectivity index (χ0n) is 9.81. The highest BCUT2D eigenvalue weighted by atomic mass is 16.5. The lowest BCUT2D eigenvalue weighted by Gasteiger charge is -1.99. The Labute approximate surface area is 97.5 Å². The first-order valence-corrected chi connectivity index (χ1v) is 5.20. The van der Waals surface area contributed by atoms with Gasteiger partial charge in [0.05, 0.1) is 6.61 Å². The Balaban J connectivity index is 2.45. The van der Waals surface area contributed by atoms with Crippen LogP contribution in [0.25, 0.3) is 11.4 Å². The van der Waals surface area contributed by atoms with Crippen molar-refractivity contribution < 1.29 is 18.6 Å². The van der Waals surface area contributed by atoms with E-state index < -0.39 is 5.97 Å². The third kappa shape index (κ3) is 2.06. The first kappa shape index (κ1) is 11.4. The predicted molar refractivity (Wildman–Crippen MR) is 57.4 cm³/mol. The molecule has 0 aliphatic heterocycles. The third-order valence-electron chi connectivity index (χ3n) is 2.21. The summed E-state index contributed by atoms with van der Waals surface area (Å²) >= 11 is 0. The van der Waals surface area contributed by atoms with Crippen LogP contribution >= 0.6 is 0 Å². The Bertz CT molecular complexity index is 541. The fourth-order valence-corrected chi connectivity index (χ4v) is 1.47. The summed E-state index contributed by atoms with van der Waals surface area (Å²) in [5.74, 6) is 0.566. The maximum Gasteiger partial charge on any atom is 0.344 e. The molecule has 2 heterocycles. The Morgan fingerprint density at radius 3 is 2.71 bits per heavy atom. The smallest absolute Gasteiger partial charge is 0.344 e. The van der Waals surface area contributed by atoms with E-state index in [9.17, 15) is 4.79 Å². The van der Waals surface area contributed by atoms with Crippen LogP contribution in [0.1, 0.15) is 28.8 Å². The molecule has 0 radical (unpaired) electrons. The van der Waals surface area contributed by atoms with Gasteiger partial charge in [0.2, 0.25) is 0 Å². The van der Waals surface area contributed by atoms with Crippen molar-refractivity contribution in [3.05, 3.63) is 23.2 Å². The molecule has 0 aliphatic carbocycles.